The van der Waals surface area contributed by atoms with E-state index in [2.05, 4.69) is 11.9 Å². The van der Waals surface area contributed by atoms with Gasteiger partial charge in [0.25, 0.3) is 0 Å². The summed E-state index contributed by atoms with van der Waals surface area (Å²) in [6.45, 7) is 4.22. The highest BCUT2D eigenvalue weighted by molar-refractivity contribution is 5.98. The monoisotopic (exact) mass is 233 g/mol. The van der Waals surface area contributed by atoms with Gasteiger partial charge in [0.15, 0.2) is 17.2 Å². The van der Waals surface area contributed by atoms with Crippen LogP contribution in [0.25, 0.3) is 11.0 Å². The molecule has 0 bridgehead atoms. The number of ketones is 1. The van der Waals surface area contributed by atoms with Crippen LogP contribution in [0.2, 0.25) is 0 Å². The molecule has 17 heavy (non-hydrogen) atoms. The van der Waals surface area contributed by atoms with Crippen LogP contribution >= 0.6 is 0 Å². The van der Waals surface area contributed by atoms with Crippen LogP contribution in [0.3, 0.4) is 0 Å². The first-order valence-electron chi connectivity index (χ1n) is 5.25. The molecule has 0 amide bonds. The number of fused-ring (bicyclic) bond motifs is 1. The molecule has 0 spiro atoms. The van der Waals surface area contributed by atoms with Crippen molar-refractivity contribution in [3.63, 3.8) is 0 Å². The summed E-state index contributed by atoms with van der Waals surface area (Å²) in [4.78, 5) is 11.7. The zero-order valence-corrected chi connectivity index (χ0v) is 9.20. The number of carbonyl (C=O) groups is 1. The lowest BCUT2D eigenvalue weighted by Crippen LogP contribution is -2.22. The number of furan rings is 1. The molecular weight excluding hydrogens is 221 g/mol. The van der Waals surface area contributed by atoms with E-state index in [0.717, 1.165) is 0 Å². The van der Waals surface area contributed by atoms with Crippen LogP contribution in [-0.4, -0.2) is 18.9 Å². The van der Waals surface area contributed by atoms with Gasteiger partial charge in [-0.1, -0.05) is 18.2 Å². The van der Waals surface area contributed by atoms with E-state index in [1.54, 1.807) is 24.3 Å². The molecule has 0 saturated heterocycles. The molecule has 4 heteroatoms. The van der Waals surface area contributed by atoms with Crippen molar-refractivity contribution in [1.29, 1.82) is 0 Å². The van der Waals surface area contributed by atoms with Gasteiger partial charge in [-0.3, -0.25) is 4.79 Å². The lowest BCUT2D eigenvalue weighted by molar-refractivity contribution is 0.0968. The van der Waals surface area contributed by atoms with Crippen LogP contribution in [0.5, 0.6) is 0 Å². The molecule has 0 aliphatic rings. The minimum Gasteiger partial charge on any atom is -0.450 e. The summed E-state index contributed by atoms with van der Waals surface area (Å²) in [5.74, 6) is -0.496. The van der Waals surface area contributed by atoms with Gasteiger partial charge in [0.2, 0.25) is 5.78 Å². The van der Waals surface area contributed by atoms with Gasteiger partial charge in [-0.05, 0) is 12.1 Å². The largest absolute Gasteiger partial charge is 0.450 e. The predicted octanol–water partition coefficient (Wildman–Crippen LogP) is 2.53. The fourth-order valence-electron chi connectivity index (χ4n) is 1.54. The van der Waals surface area contributed by atoms with Crippen LogP contribution in [0.4, 0.5) is 4.39 Å². The number of hydrogen-bond acceptors (Lipinski definition) is 3. The van der Waals surface area contributed by atoms with Crippen molar-refractivity contribution in [2.24, 2.45) is 0 Å². The van der Waals surface area contributed by atoms with E-state index in [9.17, 15) is 9.18 Å². The van der Waals surface area contributed by atoms with Crippen molar-refractivity contribution in [2.75, 3.05) is 13.1 Å². The number of benzene rings is 1. The number of rotatable bonds is 5. The normalized spacial score (nSPS) is 10.6. The lowest BCUT2D eigenvalue weighted by Gasteiger charge is -1.97. The third-order valence-corrected chi connectivity index (χ3v) is 2.35. The van der Waals surface area contributed by atoms with Gasteiger partial charge in [0.05, 0.1) is 6.54 Å². The number of halogens is 1. The van der Waals surface area contributed by atoms with Gasteiger partial charge in [0.1, 0.15) is 0 Å². The van der Waals surface area contributed by atoms with E-state index >= 15 is 0 Å². The zero-order valence-electron chi connectivity index (χ0n) is 9.20. The number of para-hydroxylation sites is 1. The van der Waals surface area contributed by atoms with E-state index in [1.807, 2.05) is 0 Å². The second-order valence-electron chi connectivity index (χ2n) is 3.61. The predicted molar refractivity (Wildman–Crippen MR) is 63.6 cm³/mol. The van der Waals surface area contributed by atoms with Crippen molar-refractivity contribution in [3.05, 3.63) is 48.5 Å². The molecule has 2 rings (SSSR count). The molecular formula is C13H12FNO2. The first kappa shape index (κ1) is 11.5. The summed E-state index contributed by atoms with van der Waals surface area (Å²) < 4.78 is 18.5. The number of nitrogens with one attached hydrogen (secondary N) is 1. The molecule has 1 N–H and O–H groups in total. The molecule has 1 aromatic heterocycles. The molecule has 1 aromatic carbocycles. The van der Waals surface area contributed by atoms with Crippen LogP contribution in [0.15, 0.2) is 41.3 Å². The van der Waals surface area contributed by atoms with Gasteiger partial charge in [-0.25, -0.2) is 4.39 Å². The quantitative estimate of drug-likeness (QED) is 0.490. The Morgan fingerprint density at radius 3 is 3.06 bits per heavy atom. The minimum atomic E-state index is -0.458. The Morgan fingerprint density at radius 2 is 2.35 bits per heavy atom. The summed E-state index contributed by atoms with van der Waals surface area (Å²) in [7, 11) is 0. The molecule has 88 valence electrons. The fourth-order valence-corrected chi connectivity index (χ4v) is 1.54. The molecule has 0 atom stereocenters. The third kappa shape index (κ3) is 2.42. The standard InChI is InChI=1S/C13H12FNO2/c1-2-6-15-8-11(16)12-7-9-4-3-5-10(14)13(9)17-12/h2-5,7,15H,1,6,8H2. The van der Waals surface area contributed by atoms with E-state index in [4.69, 9.17) is 4.42 Å². The topological polar surface area (TPSA) is 42.2 Å². The number of carbonyl (C=O) groups excluding carboxylic acids is 1. The van der Waals surface area contributed by atoms with E-state index < -0.39 is 5.82 Å². The average Bonchev–Trinajstić information content (AvgIpc) is 2.75. The molecule has 0 radical (unpaired) electrons. The van der Waals surface area contributed by atoms with Gasteiger partial charge < -0.3 is 9.73 Å². The molecule has 3 nitrogen and oxygen atoms in total. The molecule has 0 aliphatic carbocycles. The van der Waals surface area contributed by atoms with Crippen LogP contribution in [0.1, 0.15) is 10.6 Å². The Bertz CT molecular complexity index is 560. The molecule has 0 unspecified atom stereocenters. The molecule has 1 heterocycles. The van der Waals surface area contributed by atoms with E-state index in [0.29, 0.717) is 11.9 Å². The Balaban J connectivity index is 2.21. The maximum Gasteiger partial charge on any atom is 0.211 e. The van der Waals surface area contributed by atoms with Crippen molar-refractivity contribution in [2.45, 2.75) is 0 Å². The van der Waals surface area contributed by atoms with Crippen molar-refractivity contribution < 1.29 is 13.6 Å². The summed E-state index contributed by atoms with van der Waals surface area (Å²) in [5, 5.41) is 3.47. The van der Waals surface area contributed by atoms with Gasteiger partial charge in [-0.2, -0.15) is 0 Å². The Hall–Kier alpha value is -1.94. The Morgan fingerprint density at radius 1 is 1.53 bits per heavy atom. The molecule has 2 aromatic rings. The van der Waals surface area contributed by atoms with Crippen LogP contribution < -0.4 is 5.32 Å². The number of hydrogen-bond donors (Lipinski definition) is 1. The first-order valence-corrected chi connectivity index (χ1v) is 5.25. The zero-order chi connectivity index (χ0) is 12.3. The number of Topliss-reactive ketones (excluding diaryl/α,β-unsaturated/α-hetero) is 1. The molecule has 0 aliphatic heterocycles. The third-order valence-electron chi connectivity index (χ3n) is 2.35. The fraction of sp³-hybridized carbons (Fsp3) is 0.154. The lowest BCUT2D eigenvalue weighted by atomic mass is 10.2. The maximum absolute atomic E-state index is 13.3. The second kappa shape index (κ2) is 4.93. The van der Waals surface area contributed by atoms with Crippen molar-refractivity contribution in [1.82, 2.24) is 5.32 Å². The van der Waals surface area contributed by atoms with E-state index in [-0.39, 0.29) is 23.7 Å². The molecule has 0 saturated carbocycles. The average molecular weight is 233 g/mol. The van der Waals surface area contributed by atoms with Gasteiger partial charge >= 0.3 is 0 Å². The highest BCUT2D eigenvalue weighted by Gasteiger charge is 2.13. The van der Waals surface area contributed by atoms with Crippen LogP contribution in [-0.2, 0) is 0 Å². The van der Waals surface area contributed by atoms with Crippen molar-refractivity contribution in [3.8, 4) is 0 Å². The highest BCUT2D eigenvalue weighted by Crippen LogP contribution is 2.22. The highest BCUT2D eigenvalue weighted by atomic mass is 19.1. The molecule has 0 fully saturated rings. The smallest absolute Gasteiger partial charge is 0.211 e. The van der Waals surface area contributed by atoms with Gasteiger partial charge in [0, 0.05) is 11.9 Å². The Labute approximate surface area is 97.9 Å². The van der Waals surface area contributed by atoms with E-state index in [1.165, 1.54) is 6.07 Å². The van der Waals surface area contributed by atoms with Crippen molar-refractivity contribution >= 4 is 16.8 Å². The minimum absolute atomic E-state index is 0.125. The van der Waals surface area contributed by atoms with Crippen LogP contribution in [0, 0.1) is 5.82 Å². The SMILES string of the molecule is C=CCNCC(=O)c1cc2cccc(F)c2o1. The first-order chi connectivity index (χ1) is 8.22. The Kier molecular flexibility index (Phi) is 3.35. The van der Waals surface area contributed by atoms with Gasteiger partial charge in [-0.15, -0.1) is 6.58 Å². The summed E-state index contributed by atoms with van der Waals surface area (Å²) in [6.07, 6.45) is 1.66. The second-order valence-corrected chi connectivity index (χ2v) is 3.61. The summed E-state index contributed by atoms with van der Waals surface area (Å²) in [5.41, 5.74) is 0.125. The summed E-state index contributed by atoms with van der Waals surface area (Å²) >= 11 is 0. The maximum atomic E-state index is 13.3. The summed E-state index contributed by atoms with van der Waals surface area (Å²) in [6, 6.07) is 6.14.